The fraction of sp³-hybridized carbons (Fsp3) is 0.267. The van der Waals surface area contributed by atoms with Gasteiger partial charge in [-0.15, -0.1) is 0 Å². The van der Waals surface area contributed by atoms with E-state index in [2.05, 4.69) is 100 Å². The first kappa shape index (κ1) is 22.1. The van der Waals surface area contributed by atoms with Crippen LogP contribution in [-0.2, 0) is 10.8 Å². The normalized spacial score (nSPS) is 15.2. The van der Waals surface area contributed by atoms with Crippen molar-refractivity contribution in [3.05, 3.63) is 95.3 Å². The Kier molecular flexibility index (Phi) is 5.20. The molecule has 2 aromatic carbocycles. The Balaban J connectivity index is 1.89. The molecule has 0 saturated heterocycles. The first-order valence-electron chi connectivity index (χ1n) is 11.6. The number of ether oxygens (including phenoxy) is 2. The maximum atomic E-state index is 5.72. The van der Waals surface area contributed by atoms with Gasteiger partial charge in [0.2, 0.25) is 0 Å². The molecule has 0 saturated carbocycles. The average Bonchev–Trinajstić information content (AvgIpc) is 2.87. The van der Waals surface area contributed by atoms with Gasteiger partial charge in [-0.05, 0) is 85.6 Å². The van der Waals surface area contributed by atoms with Crippen molar-refractivity contribution in [2.75, 3.05) is 14.2 Å². The molecule has 0 N–H and O–H groups in total. The van der Waals surface area contributed by atoms with Crippen LogP contribution < -0.4 is 9.47 Å². The smallest absolute Gasteiger partial charge is 0.119 e. The Hall–Kier alpha value is -3.66. The lowest BCUT2D eigenvalue weighted by Gasteiger charge is -2.29. The monoisotopic (exact) mass is 450 g/mol. The van der Waals surface area contributed by atoms with Crippen LogP contribution in [0.3, 0.4) is 0 Å². The molecule has 1 aliphatic heterocycles. The Labute approximate surface area is 201 Å². The second kappa shape index (κ2) is 7.98. The van der Waals surface area contributed by atoms with E-state index >= 15 is 0 Å². The molecule has 0 radical (unpaired) electrons. The average molecular weight is 451 g/mol. The third kappa shape index (κ3) is 3.63. The molecule has 172 valence electrons. The second-order valence-electron chi connectivity index (χ2n) is 9.97. The number of pyridine rings is 2. The molecule has 4 aromatic rings. The highest BCUT2D eigenvalue weighted by molar-refractivity contribution is 5.67. The number of rotatable bonds is 2. The molecule has 0 fully saturated rings. The molecular formula is C30H30N2O2. The fourth-order valence-corrected chi connectivity index (χ4v) is 4.64. The summed E-state index contributed by atoms with van der Waals surface area (Å²) in [6.07, 6.45) is 0. The SMILES string of the molecule is COc1cc2cc(c1)C(C)(C)c1cc(OC)cc(c1)-c1cccc(n1)C(C)(C)c1cccc-2n1. The molecule has 0 amide bonds. The number of nitrogens with zero attached hydrogens (tertiary/aromatic N) is 2. The van der Waals surface area contributed by atoms with E-state index in [9.17, 15) is 0 Å². The van der Waals surface area contributed by atoms with Crippen molar-refractivity contribution in [3.63, 3.8) is 0 Å². The molecule has 0 unspecified atom stereocenters. The van der Waals surface area contributed by atoms with E-state index < -0.39 is 0 Å². The van der Waals surface area contributed by atoms with Crippen LogP contribution in [0.1, 0.15) is 50.2 Å². The fourth-order valence-electron chi connectivity index (χ4n) is 4.64. The zero-order valence-electron chi connectivity index (χ0n) is 20.6. The third-order valence-corrected chi connectivity index (χ3v) is 7.10. The molecule has 0 spiro atoms. The van der Waals surface area contributed by atoms with E-state index in [-0.39, 0.29) is 10.8 Å². The lowest BCUT2D eigenvalue weighted by molar-refractivity contribution is 0.412. The van der Waals surface area contributed by atoms with Gasteiger partial charge in [0.1, 0.15) is 11.5 Å². The highest BCUT2D eigenvalue weighted by Crippen LogP contribution is 2.40. The lowest BCUT2D eigenvalue weighted by atomic mass is 9.76. The lowest BCUT2D eigenvalue weighted by Crippen LogP contribution is -2.23. The van der Waals surface area contributed by atoms with Crippen molar-refractivity contribution >= 4 is 0 Å². The molecule has 8 bridgehead atoms. The van der Waals surface area contributed by atoms with Crippen LogP contribution in [0.4, 0.5) is 0 Å². The van der Waals surface area contributed by atoms with E-state index in [4.69, 9.17) is 19.4 Å². The van der Waals surface area contributed by atoms with Gasteiger partial charge in [0.25, 0.3) is 0 Å². The van der Waals surface area contributed by atoms with Gasteiger partial charge < -0.3 is 9.47 Å². The van der Waals surface area contributed by atoms with Gasteiger partial charge >= 0.3 is 0 Å². The topological polar surface area (TPSA) is 44.2 Å². The van der Waals surface area contributed by atoms with Crippen LogP contribution in [0.2, 0.25) is 0 Å². The Morgan fingerprint density at radius 1 is 0.559 bits per heavy atom. The van der Waals surface area contributed by atoms with Crippen LogP contribution in [0.25, 0.3) is 22.5 Å². The van der Waals surface area contributed by atoms with Crippen LogP contribution in [-0.4, -0.2) is 24.2 Å². The quantitative estimate of drug-likeness (QED) is 0.337. The molecule has 34 heavy (non-hydrogen) atoms. The van der Waals surface area contributed by atoms with E-state index in [1.807, 2.05) is 0 Å². The number of benzene rings is 2. The maximum absolute atomic E-state index is 5.72. The van der Waals surface area contributed by atoms with Crippen molar-refractivity contribution in [1.29, 1.82) is 0 Å². The van der Waals surface area contributed by atoms with Gasteiger partial charge in [-0.2, -0.15) is 0 Å². The Morgan fingerprint density at radius 2 is 1.00 bits per heavy atom. The summed E-state index contributed by atoms with van der Waals surface area (Å²) >= 11 is 0. The first-order valence-corrected chi connectivity index (χ1v) is 11.6. The predicted molar refractivity (Wildman–Crippen MR) is 137 cm³/mol. The second-order valence-corrected chi connectivity index (χ2v) is 9.97. The van der Waals surface area contributed by atoms with E-state index in [0.717, 1.165) is 56.5 Å². The highest BCUT2D eigenvalue weighted by atomic mass is 16.5. The zero-order valence-corrected chi connectivity index (χ0v) is 20.6. The summed E-state index contributed by atoms with van der Waals surface area (Å²) in [4.78, 5) is 10.2. The number of hydrogen-bond donors (Lipinski definition) is 0. The molecular weight excluding hydrogens is 420 g/mol. The summed E-state index contributed by atoms with van der Waals surface area (Å²) in [5.74, 6) is 1.63. The maximum Gasteiger partial charge on any atom is 0.119 e. The van der Waals surface area contributed by atoms with Crippen LogP contribution in [0, 0.1) is 0 Å². The summed E-state index contributed by atoms with van der Waals surface area (Å²) < 4.78 is 11.4. The van der Waals surface area contributed by atoms with E-state index in [1.165, 1.54) is 0 Å². The van der Waals surface area contributed by atoms with Crippen molar-refractivity contribution < 1.29 is 9.47 Å². The minimum atomic E-state index is -0.376. The molecule has 0 atom stereocenters. The Morgan fingerprint density at radius 3 is 1.41 bits per heavy atom. The summed E-state index contributed by atoms with van der Waals surface area (Å²) in [7, 11) is 3.42. The van der Waals surface area contributed by atoms with Crippen LogP contribution in [0.5, 0.6) is 11.5 Å². The van der Waals surface area contributed by atoms with Crippen molar-refractivity contribution in [1.82, 2.24) is 9.97 Å². The largest absolute Gasteiger partial charge is 0.497 e. The zero-order chi connectivity index (χ0) is 24.1. The summed E-state index contributed by atoms with van der Waals surface area (Å²) in [5.41, 5.74) is 7.44. The van der Waals surface area contributed by atoms with Gasteiger partial charge in [0.15, 0.2) is 0 Å². The minimum absolute atomic E-state index is 0.314. The van der Waals surface area contributed by atoms with E-state index in [1.54, 1.807) is 14.2 Å². The standard InChI is InChI=1S/C30H30N2O2/c1-29(2)21-13-19(15-23(17-21)33-5)25-9-7-11-27(31-25)30(3,4)28-12-8-10-26(32-28)20-14-22(29)18-24(16-20)34-6/h7-18H,1-6H3. The number of methoxy groups -OCH3 is 2. The molecule has 0 aliphatic carbocycles. The van der Waals surface area contributed by atoms with Gasteiger partial charge in [-0.1, -0.05) is 26.0 Å². The van der Waals surface area contributed by atoms with Crippen molar-refractivity contribution in [2.45, 2.75) is 38.5 Å². The summed E-state index contributed by atoms with van der Waals surface area (Å²) in [6, 6.07) is 25.2. The van der Waals surface area contributed by atoms with Gasteiger partial charge in [0.05, 0.1) is 37.0 Å². The highest BCUT2D eigenvalue weighted by Gasteiger charge is 2.29. The van der Waals surface area contributed by atoms with Gasteiger partial charge in [-0.3, -0.25) is 9.97 Å². The Bertz CT molecular complexity index is 1290. The number of hydrogen-bond acceptors (Lipinski definition) is 4. The molecule has 3 heterocycles. The molecule has 1 aliphatic rings. The summed E-state index contributed by atoms with van der Waals surface area (Å²) in [5, 5.41) is 0. The number of aromatic nitrogens is 2. The van der Waals surface area contributed by atoms with Crippen molar-refractivity contribution in [3.8, 4) is 34.0 Å². The predicted octanol–water partition coefficient (Wildman–Crippen LogP) is 6.79. The van der Waals surface area contributed by atoms with Crippen LogP contribution in [0.15, 0.2) is 72.8 Å². The van der Waals surface area contributed by atoms with Crippen molar-refractivity contribution in [2.24, 2.45) is 0 Å². The molecule has 4 nitrogen and oxygen atoms in total. The third-order valence-electron chi connectivity index (χ3n) is 7.10. The molecule has 5 rings (SSSR count). The molecule has 4 heteroatoms. The van der Waals surface area contributed by atoms with E-state index in [0.29, 0.717) is 0 Å². The van der Waals surface area contributed by atoms with Gasteiger partial charge in [0, 0.05) is 22.0 Å². The summed E-state index contributed by atoms with van der Waals surface area (Å²) in [6.45, 7) is 8.81. The number of fused-ring (bicyclic) bond motifs is 10. The van der Waals surface area contributed by atoms with Gasteiger partial charge in [-0.25, -0.2) is 0 Å². The molecule has 2 aromatic heterocycles. The minimum Gasteiger partial charge on any atom is -0.497 e. The first-order chi connectivity index (χ1) is 16.2. The van der Waals surface area contributed by atoms with Crippen LogP contribution >= 0.6 is 0 Å².